The monoisotopic (exact) mass is 477 g/mol. The van der Waals surface area contributed by atoms with Gasteiger partial charge in [0, 0.05) is 25.7 Å². The molecule has 1 aliphatic rings. The van der Waals surface area contributed by atoms with Gasteiger partial charge in [-0.05, 0) is 70.1 Å². The van der Waals surface area contributed by atoms with E-state index in [1.165, 1.54) is 5.56 Å². The summed E-state index contributed by atoms with van der Waals surface area (Å²) in [5.41, 5.74) is 1.41. The molecule has 1 amide bonds. The van der Waals surface area contributed by atoms with Crippen molar-refractivity contribution in [3.8, 4) is 5.75 Å². The number of benzene rings is 2. The van der Waals surface area contributed by atoms with Gasteiger partial charge in [0.05, 0.1) is 23.8 Å². The third kappa shape index (κ3) is 6.84. The smallest absolute Gasteiger partial charge is 0.410 e. The minimum Gasteiger partial charge on any atom is -0.493 e. The number of carbonyl (C=O) groups is 1. The maximum Gasteiger partial charge on any atom is 0.410 e. The molecule has 3 aromatic rings. The van der Waals surface area contributed by atoms with E-state index in [0.717, 1.165) is 25.7 Å². The molecule has 1 aromatic heterocycles. The highest BCUT2D eigenvalue weighted by Crippen LogP contribution is 2.22. The average Bonchev–Trinajstić information content (AvgIpc) is 2.84. The average molecular weight is 478 g/mol. The second kappa shape index (κ2) is 10.9. The lowest BCUT2D eigenvalue weighted by Crippen LogP contribution is -2.42. The lowest BCUT2D eigenvalue weighted by molar-refractivity contribution is 0.0165. The van der Waals surface area contributed by atoms with Crippen LogP contribution in [0, 0.1) is 5.92 Å². The van der Waals surface area contributed by atoms with Crippen LogP contribution in [0.25, 0.3) is 10.9 Å². The third-order valence-corrected chi connectivity index (χ3v) is 6.26. The number of rotatable bonds is 7. The van der Waals surface area contributed by atoms with Gasteiger partial charge < -0.3 is 14.4 Å². The lowest BCUT2D eigenvalue weighted by atomic mass is 9.98. The van der Waals surface area contributed by atoms with E-state index >= 15 is 0 Å². The molecule has 0 atom stereocenters. The van der Waals surface area contributed by atoms with Crippen molar-refractivity contribution >= 4 is 17.0 Å². The number of aryl methyl sites for hydroxylation is 2. The van der Waals surface area contributed by atoms with Crippen molar-refractivity contribution in [3.63, 3.8) is 0 Å². The minimum atomic E-state index is -0.480. The number of aromatic nitrogens is 2. The Morgan fingerprint density at radius 3 is 2.54 bits per heavy atom. The first-order valence-corrected chi connectivity index (χ1v) is 12.4. The molecule has 1 saturated heterocycles. The SMILES string of the molecule is CC(C)(C)OC(=O)N1CCC(COc2ccc3c(=O)n(CCCc4ccccc4)cnc3c2)CC1. The van der Waals surface area contributed by atoms with Gasteiger partial charge in [0.25, 0.3) is 5.56 Å². The number of carbonyl (C=O) groups excluding carboxylic acids is 1. The number of amides is 1. The Balaban J connectivity index is 1.29. The molecule has 4 rings (SSSR count). The minimum absolute atomic E-state index is 0.0240. The maximum absolute atomic E-state index is 12.9. The van der Waals surface area contributed by atoms with Gasteiger partial charge in [-0.1, -0.05) is 30.3 Å². The maximum atomic E-state index is 12.9. The number of ether oxygens (including phenoxy) is 2. The second-order valence-corrected chi connectivity index (χ2v) is 10.2. The van der Waals surface area contributed by atoms with Crippen LogP contribution < -0.4 is 10.3 Å². The summed E-state index contributed by atoms with van der Waals surface area (Å²) in [4.78, 5) is 31.4. The van der Waals surface area contributed by atoms with E-state index in [2.05, 4.69) is 17.1 Å². The molecule has 0 spiro atoms. The molecule has 0 bridgehead atoms. The zero-order chi connectivity index (χ0) is 24.8. The number of nitrogens with zero attached hydrogens (tertiary/aromatic N) is 3. The molecule has 35 heavy (non-hydrogen) atoms. The van der Waals surface area contributed by atoms with Crippen LogP contribution in [0.5, 0.6) is 5.75 Å². The highest BCUT2D eigenvalue weighted by atomic mass is 16.6. The van der Waals surface area contributed by atoms with E-state index in [0.29, 0.717) is 48.8 Å². The third-order valence-electron chi connectivity index (χ3n) is 6.26. The predicted octanol–water partition coefficient (Wildman–Crippen LogP) is 5.06. The van der Waals surface area contributed by atoms with Gasteiger partial charge in [-0.3, -0.25) is 9.36 Å². The predicted molar refractivity (Wildman–Crippen MR) is 137 cm³/mol. The van der Waals surface area contributed by atoms with Crippen LogP contribution in [0.4, 0.5) is 4.79 Å². The van der Waals surface area contributed by atoms with Gasteiger partial charge in [-0.15, -0.1) is 0 Å². The summed E-state index contributed by atoms with van der Waals surface area (Å²) < 4.78 is 13.2. The zero-order valence-corrected chi connectivity index (χ0v) is 20.9. The van der Waals surface area contributed by atoms with E-state index in [9.17, 15) is 9.59 Å². The molecule has 2 heterocycles. The van der Waals surface area contributed by atoms with Gasteiger partial charge in [0.2, 0.25) is 0 Å². The fourth-order valence-electron chi connectivity index (χ4n) is 4.31. The summed E-state index contributed by atoms with van der Waals surface area (Å²) in [7, 11) is 0. The number of likely N-dealkylation sites (tertiary alicyclic amines) is 1. The molecule has 0 radical (unpaired) electrons. The van der Waals surface area contributed by atoms with E-state index in [1.807, 2.05) is 51.1 Å². The molecule has 0 saturated carbocycles. The van der Waals surface area contributed by atoms with Gasteiger partial charge in [0.15, 0.2) is 0 Å². The second-order valence-electron chi connectivity index (χ2n) is 10.2. The Morgan fingerprint density at radius 2 is 1.83 bits per heavy atom. The first kappa shape index (κ1) is 24.8. The molecular formula is C28H35N3O4. The number of hydrogen-bond acceptors (Lipinski definition) is 5. The summed E-state index contributed by atoms with van der Waals surface area (Å²) in [5.74, 6) is 1.08. The van der Waals surface area contributed by atoms with E-state index < -0.39 is 5.60 Å². The summed E-state index contributed by atoms with van der Waals surface area (Å²) in [6.45, 7) is 8.20. The van der Waals surface area contributed by atoms with Crippen LogP contribution in [0.3, 0.4) is 0 Å². The first-order chi connectivity index (χ1) is 16.8. The highest BCUT2D eigenvalue weighted by molar-refractivity contribution is 5.78. The molecular weight excluding hydrogens is 442 g/mol. The normalized spacial score (nSPS) is 14.8. The summed E-state index contributed by atoms with van der Waals surface area (Å²) in [5, 5.41) is 0.602. The Bertz CT molecular complexity index is 1190. The topological polar surface area (TPSA) is 73.7 Å². The number of hydrogen-bond donors (Lipinski definition) is 0. The quantitative estimate of drug-likeness (QED) is 0.476. The van der Waals surface area contributed by atoms with Crippen molar-refractivity contribution in [2.45, 2.75) is 58.6 Å². The summed E-state index contributed by atoms with van der Waals surface area (Å²) in [6, 6.07) is 15.8. The number of fused-ring (bicyclic) bond motifs is 1. The van der Waals surface area contributed by atoms with Crippen LogP contribution in [-0.2, 0) is 17.7 Å². The Morgan fingerprint density at radius 1 is 1.09 bits per heavy atom. The van der Waals surface area contributed by atoms with E-state index in [1.54, 1.807) is 21.9 Å². The van der Waals surface area contributed by atoms with Gasteiger partial charge in [-0.2, -0.15) is 0 Å². The van der Waals surface area contributed by atoms with Crippen molar-refractivity contribution in [2.75, 3.05) is 19.7 Å². The molecule has 0 unspecified atom stereocenters. The highest BCUT2D eigenvalue weighted by Gasteiger charge is 2.27. The molecule has 1 aliphatic heterocycles. The molecule has 186 valence electrons. The van der Waals surface area contributed by atoms with Gasteiger partial charge >= 0.3 is 6.09 Å². The first-order valence-electron chi connectivity index (χ1n) is 12.4. The van der Waals surface area contributed by atoms with Crippen LogP contribution in [-0.4, -0.2) is 45.8 Å². The van der Waals surface area contributed by atoms with Crippen molar-refractivity contribution in [1.82, 2.24) is 14.5 Å². The Kier molecular flexibility index (Phi) is 7.73. The van der Waals surface area contributed by atoms with Crippen LogP contribution in [0.2, 0.25) is 0 Å². The van der Waals surface area contributed by atoms with Gasteiger partial charge in [0.1, 0.15) is 11.4 Å². The van der Waals surface area contributed by atoms with Crippen LogP contribution >= 0.6 is 0 Å². The van der Waals surface area contributed by atoms with E-state index in [4.69, 9.17) is 9.47 Å². The number of piperidine rings is 1. The van der Waals surface area contributed by atoms with Gasteiger partial charge in [-0.25, -0.2) is 9.78 Å². The molecule has 0 aliphatic carbocycles. The van der Waals surface area contributed by atoms with Crippen LogP contribution in [0.1, 0.15) is 45.6 Å². The largest absolute Gasteiger partial charge is 0.493 e. The van der Waals surface area contributed by atoms with Crippen molar-refractivity contribution < 1.29 is 14.3 Å². The molecule has 2 aromatic carbocycles. The van der Waals surface area contributed by atoms with Crippen molar-refractivity contribution in [1.29, 1.82) is 0 Å². The van der Waals surface area contributed by atoms with Crippen LogP contribution in [0.15, 0.2) is 59.7 Å². The van der Waals surface area contributed by atoms with Crippen molar-refractivity contribution in [3.05, 3.63) is 70.8 Å². The standard InChI is InChI=1S/C28H35N3O4/c1-28(2,3)35-27(33)30-16-13-22(14-17-30)19-34-23-11-12-24-25(18-23)29-20-31(26(24)32)15-7-10-21-8-5-4-6-9-21/h4-6,8-9,11-12,18,20,22H,7,10,13-17,19H2,1-3H3. The Labute approximate surface area is 206 Å². The molecule has 1 fully saturated rings. The Hall–Kier alpha value is -3.35. The fourth-order valence-corrected chi connectivity index (χ4v) is 4.31. The molecule has 7 nitrogen and oxygen atoms in total. The summed E-state index contributed by atoms with van der Waals surface area (Å²) in [6.07, 6.45) is 4.94. The van der Waals surface area contributed by atoms with E-state index in [-0.39, 0.29) is 11.7 Å². The lowest BCUT2D eigenvalue weighted by Gasteiger charge is -2.33. The fraction of sp³-hybridized carbons (Fsp3) is 0.464. The summed E-state index contributed by atoms with van der Waals surface area (Å²) >= 11 is 0. The zero-order valence-electron chi connectivity index (χ0n) is 20.9. The van der Waals surface area contributed by atoms with Crippen molar-refractivity contribution in [2.24, 2.45) is 5.92 Å². The molecule has 7 heteroatoms. The molecule has 0 N–H and O–H groups in total.